The van der Waals surface area contributed by atoms with Gasteiger partial charge in [0.1, 0.15) is 4.90 Å². The van der Waals surface area contributed by atoms with Crippen molar-refractivity contribution in [1.82, 2.24) is 9.71 Å². The predicted molar refractivity (Wildman–Crippen MR) is 159 cm³/mol. The number of benzene rings is 4. The molecular formula is C33H26F3N3O3S. The van der Waals surface area contributed by atoms with Gasteiger partial charge in [0.2, 0.25) is 10.0 Å². The van der Waals surface area contributed by atoms with E-state index in [1.807, 2.05) is 24.3 Å². The zero-order chi connectivity index (χ0) is 30.4. The number of aromatic nitrogens is 1. The number of hydrogen-bond acceptors (Lipinski definition) is 4. The van der Waals surface area contributed by atoms with Crippen LogP contribution >= 0.6 is 0 Å². The van der Waals surface area contributed by atoms with Crippen molar-refractivity contribution >= 4 is 32.5 Å². The molecule has 5 aromatic rings. The summed E-state index contributed by atoms with van der Waals surface area (Å²) in [4.78, 5) is 17.8. The summed E-state index contributed by atoms with van der Waals surface area (Å²) < 4.78 is 68.7. The second-order valence-corrected chi connectivity index (χ2v) is 12.3. The minimum absolute atomic E-state index is 0.122. The highest BCUT2D eigenvalue weighted by Crippen LogP contribution is 2.34. The third-order valence-electron chi connectivity index (χ3n) is 7.62. The summed E-state index contributed by atoms with van der Waals surface area (Å²) in [6.45, 7) is 1.80. The van der Waals surface area contributed by atoms with E-state index in [4.69, 9.17) is 0 Å². The van der Waals surface area contributed by atoms with Crippen molar-refractivity contribution in [3.05, 3.63) is 125 Å². The molecule has 0 fully saturated rings. The van der Waals surface area contributed by atoms with E-state index in [2.05, 4.69) is 15.0 Å². The first kappa shape index (κ1) is 28.6. The molecule has 4 aromatic carbocycles. The zero-order valence-corrected chi connectivity index (χ0v) is 23.8. The number of rotatable bonds is 6. The molecule has 0 radical (unpaired) electrons. The van der Waals surface area contributed by atoms with Crippen molar-refractivity contribution in [3.8, 4) is 11.1 Å². The molecular weight excluding hydrogens is 575 g/mol. The van der Waals surface area contributed by atoms with Crippen molar-refractivity contribution in [2.24, 2.45) is 0 Å². The highest BCUT2D eigenvalue weighted by Gasteiger charge is 2.31. The summed E-state index contributed by atoms with van der Waals surface area (Å²) in [5, 5.41) is 3.64. The number of nitrogens with one attached hydrogen (secondary N) is 2. The number of anilines is 1. The predicted octanol–water partition coefficient (Wildman–Crippen LogP) is 6.93. The lowest BCUT2D eigenvalue weighted by Crippen LogP contribution is -2.35. The van der Waals surface area contributed by atoms with Gasteiger partial charge in [0.05, 0.1) is 11.1 Å². The average molecular weight is 602 g/mol. The Morgan fingerprint density at radius 1 is 0.884 bits per heavy atom. The van der Waals surface area contributed by atoms with Crippen LogP contribution in [0.15, 0.2) is 102 Å². The van der Waals surface area contributed by atoms with Gasteiger partial charge in [-0.3, -0.25) is 9.78 Å². The van der Waals surface area contributed by atoms with Crippen molar-refractivity contribution < 1.29 is 26.4 Å². The molecule has 43 heavy (non-hydrogen) atoms. The molecule has 0 bridgehead atoms. The van der Waals surface area contributed by atoms with E-state index in [0.29, 0.717) is 40.7 Å². The van der Waals surface area contributed by atoms with Gasteiger partial charge in [-0.1, -0.05) is 48.5 Å². The maximum Gasteiger partial charge on any atom is 0.416 e. The monoisotopic (exact) mass is 601 g/mol. The molecule has 1 amide bonds. The summed E-state index contributed by atoms with van der Waals surface area (Å²) in [7, 11) is -3.84. The van der Waals surface area contributed by atoms with Crippen LogP contribution in [0, 0.1) is 6.92 Å². The summed E-state index contributed by atoms with van der Waals surface area (Å²) in [5.41, 5.74) is 4.19. The van der Waals surface area contributed by atoms with Gasteiger partial charge in [0.15, 0.2) is 0 Å². The van der Waals surface area contributed by atoms with E-state index in [-0.39, 0.29) is 10.9 Å². The lowest BCUT2D eigenvalue weighted by atomic mass is 9.93. The first-order valence-electron chi connectivity index (χ1n) is 13.6. The Kier molecular flexibility index (Phi) is 7.27. The van der Waals surface area contributed by atoms with E-state index in [9.17, 15) is 26.4 Å². The molecule has 1 aliphatic rings. The van der Waals surface area contributed by atoms with Gasteiger partial charge in [0.25, 0.3) is 5.91 Å². The normalized spacial score (nSPS) is 14.9. The van der Waals surface area contributed by atoms with Crippen LogP contribution in [0.4, 0.5) is 18.9 Å². The van der Waals surface area contributed by atoms with Crippen molar-refractivity contribution in [2.45, 2.75) is 36.9 Å². The number of amides is 1. The Hall–Kier alpha value is -4.54. The standard InChI is InChI=1S/C33H26F3N3O3S/c1-20-5-2-8-28(30(20)21-10-13-25(14-11-21)33(34,35)36)32(40)38-26-15-12-23-17-27(19-24(23)18-26)39-43(41,42)29-9-3-6-22-7-4-16-37-31(22)29/h2-16,18,27,39H,17,19H2,1H3,(H,38,40). The van der Waals surface area contributed by atoms with Gasteiger partial charge in [-0.25, -0.2) is 13.1 Å². The van der Waals surface area contributed by atoms with Crippen LogP contribution in [0.1, 0.15) is 32.6 Å². The van der Waals surface area contributed by atoms with E-state index in [1.54, 1.807) is 49.5 Å². The summed E-state index contributed by atoms with van der Waals surface area (Å²) >= 11 is 0. The molecule has 6 nitrogen and oxygen atoms in total. The molecule has 0 spiro atoms. The number of para-hydroxylation sites is 1. The molecule has 218 valence electrons. The minimum atomic E-state index is -4.45. The fourth-order valence-electron chi connectivity index (χ4n) is 5.62. The smallest absolute Gasteiger partial charge is 0.322 e. The Labute approximate surface area is 246 Å². The van der Waals surface area contributed by atoms with Crippen molar-refractivity contribution in [3.63, 3.8) is 0 Å². The Morgan fingerprint density at radius 3 is 2.37 bits per heavy atom. The van der Waals surface area contributed by atoms with Gasteiger partial charge in [-0.2, -0.15) is 13.2 Å². The second-order valence-electron chi connectivity index (χ2n) is 10.6. The van der Waals surface area contributed by atoms with Crippen LogP contribution < -0.4 is 10.0 Å². The highest BCUT2D eigenvalue weighted by atomic mass is 32.2. The topological polar surface area (TPSA) is 88.2 Å². The van der Waals surface area contributed by atoms with Crippen LogP contribution in [0.2, 0.25) is 0 Å². The van der Waals surface area contributed by atoms with Crippen LogP contribution in [0.25, 0.3) is 22.0 Å². The first-order valence-corrected chi connectivity index (χ1v) is 15.0. The summed E-state index contributed by atoms with van der Waals surface area (Å²) in [5.74, 6) is -0.405. The van der Waals surface area contributed by atoms with E-state index in [0.717, 1.165) is 34.2 Å². The average Bonchev–Trinajstić information content (AvgIpc) is 3.37. The number of pyridine rings is 1. The Morgan fingerprint density at radius 2 is 1.60 bits per heavy atom. The van der Waals surface area contributed by atoms with Gasteiger partial charge < -0.3 is 5.32 Å². The molecule has 10 heteroatoms. The lowest BCUT2D eigenvalue weighted by molar-refractivity contribution is -0.137. The molecule has 1 aromatic heterocycles. The third-order valence-corrected chi connectivity index (χ3v) is 9.17. The molecule has 2 N–H and O–H groups in total. The van der Waals surface area contributed by atoms with Gasteiger partial charge in [0, 0.05) is 28.9 Å². The van der Waals surface area contributed by atoms with E-state index < -0.39 is 27.7 Å². The van der Waals surface area contributed by atoms with Crippen LogP contribution in [0.5, 0.6) is 0 Å². The molecule has 1 unspecified atom stereocenters. The molecule has 1 atom stereocenters. The zero-order valence-electron chi connectivity index (χ0n) is 22.9. The van der Waals surface area contributed by atoms with Crippen molar-refractivity contribution in [1.29, 1.82) is 0 Å². The largest absolute Gasteiger partial charge is 0.416 e. The number of fused-ring (bicyclic) bond motifs is 2. The number of alkyl halides is 3. The number of aryl methyl sites for hydroxylation is 1. The Bertz CT molecular complexity index is 1970. The van der Waals surface area contributed by atoms with Crippen LogP contribution in [-0.2, 0) is 29.0 Å². The summed E-state index contributed by atoms with van der Waals surface area (Å²) in [6.07, 6.45) is -1.95. The van der Waals surface area contributed by atoms with Crippen LogP contribution in [0.3, 0.4) is 0 Å². The van der Waals surface area contributed by atoms with Gasteiger partial charge >= 0.3 is 6.18 Å². The number of carbonyl (C=O) groups excluding carboxylic acids is 1. The molecule has 0 aliphatic heterocycles. The number of halogens is 3. The number of carbonyl (C=O) groups is 1. The molecule has 1 heterocycles. The summed E-state index contributed by atoms with van der Waals surface area (Å²) in [6, 6.07) is 23.6. The number of sulfonamides is 1. The lowest BCUT2D eigenvalue weighted by Gasteiger charge is -2.15. The molecule has 1 aliphatic carbocycles. The third kappa shape index (κ3) is 5.76. The quantitative estimate of drug-likeness (QED) is 0.221. The number of hydrogen-bond donors (Lipinski definition) is 2. The maximum absolute atomic E-state index is 13.4. The number of nitrogens with zero attached hydrogens (tertiary/aromatic N) is 1. The van der Waals surface area contributed by atoms with Crippen LogP contribution in [-0.4, -0.2) is 25.4 Å². The highest BCUT2D eigenvalue weighted by molar-refractivity contribution is 7.89. The molecule has 0 saturated heterocycles. The maximum atomic E-state index is 13.4. The van der Waals surface area contributed by atoms with E-state index >= 15 is 0 Å². The Balaban J connectivity index is 1.20. The van der Waals surface area contributed by atoms with Gasteiger partial charge in [-0.05, 0) is 90.0 Å². The first-order chi connectivity index (χ1) is 20.5. The minimum Gasteiger partial charge on any atom is -0.322 e. The molecule has 0 saturated carbocycles. The van der Waals surface area contributed by atoms with Crippen molar-refractivity contribution in [2.75, 3.05) is 5.32 Å². The SMILES string of the molecule is Cc1cccc(C(=O)Nc2ccc3c(c2)CC(NS(=O)(=O)c2cccc4cccnc24)C3)c1-c1ccc(C(F)(F)F)cc1. The second kappa shape index (κ2) is 10.9. The fraction of sp³-hybridized carbons (Fsp3) is 0.152. The van der Waals surface area contributed by atoms with E-state index in [1.165, 1.54) is 18.2 Å². The fourth-order valence-corrected chi connectivity index (χ4v) is 7.03. The molecule has 6 rings (SSSR count). The van der Waals surface area contributed by atoms with Gasteiger partial charge in [-0.15, -0.1) is 0 Å².